The zero-order valence-electron chi connectivity index (χ0n) is 12.4. The van der Waals surface area contributed by atoms with Gasteiger partial charge in [-0.25, -0.2) is 0 Å². The van der Waals surface area contributed by atoms with Gasteiger partial charge in [-0.1, -0.05) is 12.8 Å². The maximum Gasteiger partial charge on any atom is 0.231 e. The van der Waals surface area contributed by atoms with Crippen molar-refractivity contribution in [2.45, 2.75) is 45.1 Å². The summed E-state index contributed by atoms with van der Waals surface area (Å²) in [6.45, 7) is 3.35. The Morgan fingerprint density at radius 1 is 1.00 bits per heavy atom. The van der Waals surface area contributed by atoms with Gasteiger partial charge in [0.25, 0.3) is 0 Å². The first-order valence-electron chi connectivity index (χ1n) is 8.08. The molecular formula is C17H23NO3. The van der Waals surface area contributed by atoms with Crippen LogP contribution >= 0.6 is 0 Å². The van der Waals surface area contributed by atoms with Gasteiger partial charge in [-0.3, -0.25) is 4.90 Å². The lowest BCUT2D eigenvalue weighted by molar-refractivity contribution is 0.103. The number of phenols is 1. The summed E-state index contributed by atoms with van der Waals surface area (Å²) in [6, 6.07) is 3.61. The van der Waals surface area contributed by atoms with Gasteiger partial charge < -0.3 is 14.6 Å². The number of aromatic hydroxyl groups is 1. The SMILES string of the molecule is Oc1cc2c(cc1CN1CCC3(CCCC3)CC1)OCO2. The lowest BCUT2D eigenvalue weighted by Gasteiger charge is -2.39. The first-order valence-corrected chi connectivity index (χ1v) is 8.08. The van der Waals surface area contributed by atoms with Crippen molar-refractivity contribution in [1.82, 2.24) is 4.90 Å². The molecule has 2 aliphatic heterocycles. The second-order valence-corrected chi connectivity index (χ2v) is 6.82. The second kappa shape index (κ2) is 5.09. The number of likely N-dealkylation sites (tertiary alicyclic amines) is 1. The number of hydrogen-bond acceptors (Lipinski definition) is 4. The molecule has 0 bridgehead atoms. The Bertz CT molecular complexity index is 527. The van der Waals surface area contributed by atoms with Crippen molar-refractivity contribution in [3.8, 4) is 17.2 Å². The molecule has 21 heavy (non-hydrogen) atoms. The highest BCUT2D eigenvalue weighted by Crippen LogP contribution is 2.46. The van der Waals surface area contributed by atoms with Crippen LogP contribution in [0.15, 0.2) is 12.1 Å². The molecule has 0 aromatic heterocycles. The standard InChI is InChI=1S/C17H23NO3/c19-14-10-16-15(20-12-21-16)9-13(14)11-18-7-5-17(6-8-18)3-1-2-4-17/h9-10,19H,1-8,11-12H2. The monoisotopic (exact) mass is 289 g/mol. The van der Waals surface area contributed by atoms with Crippen LogP contribution in [0, 0.1) is 5.41 Å². The molecule has 1 spiro atoms. The molecule has 114 valence electrons. The third-order valence-electron chi connectivity index (χ3n) is 5.55. The van der Waals surface area contributed by atoms with Gasteiger partial charge in [-0.2, -0.15) is 0 Å². The molecule has 1 aromatic rings. The summed E-state index contributed by atoms with van der Waals surface area (Å²) >= 11 is 0. The van der Waals surface area contributed by atoms with Gasteiger partial charge >= 0.3 is 0 Å². The number of nitrogens with zero attached hydrogens (tertiary/aromatic N) is 1. The molecule has 2 fully saturated rings. The van der Waals surface area contributed by atoms with Crippen molar-refractivity contribution in [1.29, 1.82) is 0 Å². The van der Waals surface area contributed by atoms with E-state index in [4.69, 9.17) is 9.47 Å². The van der Waals surface area contributed by atoms with Crippen molar-refractivity contribution in [2.24, 2.45) is 5.41 Å². The summed E-state index contributed by atoms with van der Waals surface area (Å²) in [4.78, 5) is 2.46. The smallest absolute Gasteiger partial charge is 0.231 e. The van der Waals surface area contributed by atoms with Gasteiger partial charge in [0, 0.05) is 18.2 Å². The molecule has 3 aliphatic rings. The summed E-state index contributed by atoms with van der Waals surface area (Å²) in [5.41, 5.74) is 1.59. The van der Waals surface area contributed by atoms with Crippen LogP contribution in [0.3, 0.4) is 0 Å². The highest BCUT2D eigenvalue weighted by Gasteiger charge is 2.36. The molecule has 0 unspecified atom stereocenters. The van der Waals surface area contributed by atoms with Crippen LogP contribution in [0.2, 0.25) is 0 Å². The number of phenolic OH excluding ortho intramolecular Hbond substituents is 1. The van der Waals surface area contributed by atoms with E-state index >= 15 is 0 Å². The van der Waals surface area contributed by atoms with Gasteiger partial charge in [-0.15, -0.1) is 0 Å². The molecule has 2 heterocycles. The van der Waals surface area contributed by atoms with Crippen LogP contribution in [0.5, 0.6) is 17.2 Å². The molecule has 1 aliphatic carbocycles. The summed E-state index contributed by atoms with van der Waals surface area (Å²) < 4.78 is 10.7. The molecule has 0 radical (unpaired) electrons. The van der Waals surface area contributed by atoms with Crippen LogP contribution in [-0.4, -0.2) is 29.9 Å². The predicted octanol–water partition coefficient (Wildman–Crippen LogP) is 3.28. The first kappa shape index (κ1) is 13.3. The van der Waals surface area contributed by atoms with Crippen LogP contribution < -0.4 is 9.47 Å². The van der Waals surface area contributed by atoms with Crippen molar-refractivity contribution in [3.63, 3.8) is 0 Å². The molecular weight excluding hydrogens is 266 g/mol. The van der Waals surface area contributed by atoms with Crippen molar-refractivity contribution in [2.75, 3.05) is 19.9 Å². The minimum absolute atomic E-state index is 0.254. The van der Waals surface area contributed by atoms with E-state index in [1.807, 2.05) is 6.07 Å². The van der Waals surface area contributed by atoms with Crippen molar-refractivity contribution >= 4 is 0 Å². The fraction of sp³-hybridized carbons (Fsp3) is 0.647. The number of rotatable bonds is 2. The molecule has 0 atom stereocenters. The van der Waals surface area contributed by atoms with Crippen LogP contribution in [0.25, 0.3) is 0 Å². The van der Waals surface area contributed by atoms with Gasteiger partial charge in [0.15, 0.2) is 11.5 Å². The van der Waals surface area contributed by atoms with E-state index in [0.717, 1.165) is 30.9 Å². The summed E-state index contributed by atoms with van der Waals surface area (Å²) in [7, 11) is 0. The van der Waals surface area contributed by atoms with Crippen LogP contribution in [0.1, 0.15) is 44.1 Å². The number of hydrogen-bond donors (Lipinski definition) is 1. The lowest BCUT2D eigenvalue weighted by Crippen LogP contribution is -2.38. The molecule has 1 saturated carbocycles. The predicted molar refractivity (Wildman–Crippen MR) is 79.6 cm³/mol. The Morgan fingerprint density at radius 2 is 1.67 bits per heavy atom. The Labute approximate surface area is 125 Å². The highest BCUT2D eigenvalue weighted by molar-refractivity contribution is 5.51. The minimum Gasteiger partial charge on any atom is -0.507 e. The molecule has 4 rings (SSSR count). The zero-order valence-corrected chi connectivity index (χ0v) is 12.4. The maximum atomic E-state index is 10.1. The molecule has 1 saturated heterocycles. The fourth-order valence-electron chi connectivity index (χ4n) is 4.15. The number of benzene rings is 1. The molecule has 4 nitrogen and oxygen atoms in total. The lowest BCUT2D eigenvalue weighted by atomic mass is 9.77. The van der Waals surface area contributed by atoms with Gasteiger partial charge in [0.05, 0.1) is 0 Å². The fourth-order valence-corrected chi connectivity index (χ4v) is 4.15. The number of piperidine rings is 1. The maximum absolute atomic E-state index is 10.1. The largest absolute Gasteiger partial charge is 0.507 e. The topological polar surface area (TPSA) is 41.9 Å². The van der Waals surface area contributed by atoms with E-state index in [1.54, 1.807) is 6.07 Å². The Morgan fingerprint density at radius 3 is 2.38 bits per heavy atom. The Kier molecular flexibility index (Phi) is 3.21. The third-order valence-corrected chi connectivity index (χ3v) is 5.55. The van der Waals surface area contributed by atoms with E-state index in [0.29, 0.717) is 16.9 Å². The van der Waals surface area contributed by atoms with Crippen molar-refractivity contribution in [3.05, 3.63) is 17.7 Å². The quantitative estimate of drug-likeness (QED) is 0.907. The molecule has 0 amide bonds. The first-order chi connectivity index (χ1) is 10.2. The Balaban J connectivity index is 1.43. The minimum atomic E-state index is 0.254. The highest BCUT2D eigenvalue weighted by atomic mass is 16.7. The molecule has 4 heteroatoms. The van der Waals surface area contributed by atoms with Gasteiger partial charge in [0.1, 0.15) is 5.75 Å². The summed E-state index contributed by atoms with van der Waals surface area (Å²) in [5, 5.41) is 10.1. The average molecular weight is 289 g/mol. The second-order valence-electron chi connectivity index (χ2n) is 6.82. The van der Waals surface area contributed by atoms with Gasteiger partial charge in [0.2, 0.25) is 6.79 Å². The summed E-state index contributed by atoms with van der Waals surface area (Å²) in [5.74, 6) is 1.73. The molecule has 1 N–H and O–H groups in total. The number of ether oxygens (including phenoxy) is 2. The van der Waals surface area contributed by atoms with E-state index in [-0.39, 0.29) is 6.79 Å². The number of fused-ring (bicyclic) bond motifs is 1. The van der Waals surface area contributed by atoms with E-state index in [2.05, 4.69) is 4.90 Å². The zero-order chi connectivity index (χ0) is 14.3. The van der Waals surface area contributed by atoms with Crippen LogP contribution in [-0.2, 0) is 6.54 Å². The average Bonchev–Trinajstić information content (AvgIpc) is 3.11. The Hall–Kier alpha value is -1.42. The van der Waals surface area contributed by atoms with Crippen LogP contribution in [0.4, 0.5) is 0 Å². The summed E-state index contributed by atoms with van der Waals surface area (Å²) in [6.07, 6.45) is 8.33. The molecule has 1 aromatic carbocycles. The normalized spacial score (nSPS) is 23.8. The van der Waals surface area contributed by atoms with Crippen molar-refractivity contribution < 1.29 is 14.6 Å². The van der Waals surface area contributed by atoms with E-state index in [1.165, 1.54) is 38.5 Å². The van der Waals surface area contributed by atoms with E-state index in [9.17, 15) is 5.11 Å². The van der Waals surface area contributed by atoms with E-state index < -0.39 is 0 Å². The third kappa shape index (κ3) is 2.46. The van der Waals surface area contributed by atoms with Gasteiger partial charge in [-0.05, 0) is 50.3 Å².